The molecular formula is C7H10N2O3. The van der Waals surface area contributed by atoms with Crippen molar-refractivity contribution in [1.82, 2.24) is 5.16 Å². The summed E-state index contributed by atoms with van der Waals surface area (Å²) in [4.78, 5) is 11.1. The number of ether oxygens (including phenoxy) is 1. The Hall–Kier alpha value is -1.52. The second-order valence-electron chi connectivity index (χ2n) is 2.57. The fourth-order valence-corrected chi connectivity index (χ4v) is 0.660. The highest BCUT2D eigenvalue weighted by Crippen LogP contribution is 2.06. The van der Waals surface area contributed by atoms with Crippen molar-refractivity contribution >= 4 is 11.9 Å². The molecule has 0 aliphatic heterocycles. The van der Waals surface area contributed by atoms with Gasteiger partial charge in [0.1, 0.15) is 0 Å². The first-order valence-electron chi connectivity index (χ1n) is 3.52. The van der Waals surface area contributed by atoms with E-state index in [1.807, 2.05) is 0 Å². The number of esters is 1. The molecule has 0 saturated heterocycles. The number of carbonyl (C=O) groups excluding carboxylic acids is 1. The summed E-state index contributed by atoms with van der Waals surface area (Å²) in [6.07, 6.45) is -0.171. The molecule has 0 aliphatic rings. The van der Waals surface area contributed by atoms with Gasteiger partial charge in [-0.25, -0.2) is 4.79 Å². The van der Waals surface area contributed by atoms with Crippen molar-refractivity contribution < 1.29 is 14.1 Å². The van der Waals surface area contributed by atoms with Crippen molar-refractivity contribution in [2.45, 2.75) is 20.0 Å². The van der Waals surface area contributed by atoms with Crippen LogP contribution in [0.4, 0.5) is 5.88 Å². The fourth-order valence-electron chi connectivity index (χ4n) is 0.660. The Labute approximate surface area is 69.5 Å². The molecule has 0 atom stereocenters. The second kappa shape index (κ2) is 3.25. The fraction of sp³-hybridized carbons (Fsp3) is 0.429. The van der Waals surface area contributed by atoms with Gasteiger partial charge in [0.15, 0.2) is 5.69 Å². The van der Waals surface area contributed by atoms with Crippen molar-refractivity contribution in [2.24, 2.45) is 0 Å². The third-order valence-corrected chi connectivity index (χ3v) is 1.08. The molecule has 0 fully saturated rings. The molecule has 0 bridgehead atoms. The Morgan fingerprint density at radius 3 is 2.83 bits per heavy atom. The van der Waals surface area contributed by atoms with E-state index in [-0.39, 0.29) is 17.7 Å². The number of rotatable bonds is 2. The predicted octanol–water partition coefficient (Wildman–Crippen LogP) is 0.822. The highest BCUT2D eigenvalue weighted by atomic mass is 16.5. The molecular weight excluding hydrogens is 160 g/mol. The smallest absolute Gasteiger partial charge is 0.360 e. The maximum Gasteiger partial charge on any atom is 0.360 e. The quantitative estimate of drug-likeness (QED) is 0.665. The summed E-state index contributed by atoms with van der Waals surface area (Å²) in [6.45, 7) is 3.50. The molecule has 5 heteroatoms. The van der Waals surface area contributed by atoms with Gasteiger partial charge in [0.25, 0.3) is 0 Å². The summed E-state index contributed by atoms with van der Waals surface area (Å²) in [5.41, 5.74) is 5.31. The molecule has 2 N–H and O–H groups in total. The number of nitrogens with zero attached hydrogens (tertiary/aromatic N) is 1. The molecule has 0 radical (unpaired) electrons. The van der Waals surface area contributed by atoms with Crippen LogP contribution in [0.3, 0.4) is 0 Å². The normalized spacial score (nSPS) is 10.2. The van der Waals surface area contributed by atoms with Crippen LogP contribution in [0.25, 0.3) is 0 Å². The zero-order valence-corrected chi connectivity index (χ0v) is 6.90. The van der Waals surface area contributed by atoms with Gasteiger partial charge in [-0.15, -0.1) is 0 Å². The van der Waals surface area contributed by atoms with Gasteiger partial charge in [-0.05, 0) is 13.8 Å². The maximum atomic E-state index is 11.1. The lowest BCUT2D eigenvalue weighted by Gasteiger charge is -2.03. The van der Waals surface area contributed by atoms with Crippen LogP contribution in [-0.4, -0.2) is 17.2 Å². The van der Waals surface area contributed by atoms with Crippen molar-refractivity contribution in [3.63, 3.8) is 0 Å². The largest absolute Gasteiger partial charge is 0.458 e. The van der Waals surface area contributed by atoms with Crippen LogP contribution in [-0.2, 0) is 4.74 Å². The van der Waals surface area contributed by atoms with E-state index >= 15 is 0 Å². The molecule has 5 nitrogen and oxygen atoms in total. The SMILES string of the molecule is CC(C)OC(=O)c1cc(N)on1. The minimum atomic E-state index is -0.523. The monoisotopic (exact) mass is 170 g/mol. The topological polar surface area (TPSA) is 78.4 Å². The second-order valence-corrected chi connectivity index (χ2v) is 2.57. The highest BCUT2D eigenvalue weighted by Gasteiger charge is 2.13. The van der Waals surface area contributed by atoms with Crippen LogP contribution >= 0.6 is 0 Å². The van der Waals surface area contributed by atoms with E-state index in [1.54, 1.807) is 13.8 Å². The first kappa shape index (κ1) is 8.58. The van der Waals surface area contributed by atoms with E-state index in [4.69, 9.17) is 10.5 Å². The molecule has 0 amide bonds. The molecule has 0 spiro atoms. The Morgan fingerprint density at radius 1 is 1.75 bits per heavy atom. The van der Waals surface area contributed by atoms with E-state index in [9.17, 15) is 4.79 Å². The molecule has 12 heavy (non-hydrogen) atoms. The van der Waals surface area contributed by atoms with E-state index in [1.165, 1.54) is 6.07 Å². The van der Waals surface area contributed by atoms with Crippen LogP contribution < -0.4 is 5.73 Å². The van der Waals surface area contributed by atoms with E-state index in [2.05, 4.69) is 9.68 Å². The molecule has 1 aromatic heterocycles. The maximum absolute atomic E-state index is 11.1. The Balaban J connectivity index is 2.65. The first-order chi connectivity index (χ1) is 5.59. The van der Waals surface area contributed by atoms with Crippen molar-refractivity contribution in [2.75, 3.05) is 5.73 Å². The minimum Gasteiger partial charge on any atom is -0.458 e. The van der Waals surface area contributed by atoms with Crippen molar-refractivity contribution in [3.8, 4) is 0 Å². The summed E-state index contributed by atoms with van der Waals surface area (Å²) in [6, 6.07) is 1.32. The van der Waals surface area contributed by atoms with Gasteiger partial charge >= 0.3 is 5.97 Å². The summed E-state index contributed by atoms with van der Waals surface area (Å²) in [5.74, 6) is -0.420. The first-order valence-corrected chi connectivity index (χ1v) is 3.52. The number of nitrogens with two attached hydrogens (primary N) is 1. The van der Waals surface area contributed by atoms with Crippen molar-refractivity contribution in [3.05, 3.63) is 11.8 Å². The lowest BCUT2D eigenvalue weighted by Crippen LogP contribution is -2.11. The van der Waals surface area contributed by atoms with E-state index < -0.39 is 5.97 Å². The summed E-state index contributed by atoms with van der Waals surface area (Å²) in [7, 11) is 0. The number of aromatic nitrogens is 1. The molecule has 0 saturated carbocycles. The Bertz CT molecular complexity index is 280. The van der Waals surface area contributed by atoms with Gasteiger partial charge in [-0.3, -0.25) is 0 Å². The molecule has 1 heterocycles. The third kappa shape index (κ3) is 1.98. The molecule has 1 aromatic rings. The summed E-state index contributed by atoms with van der Waals surface area (Å²) < 4.78 is 9.33. The van der Waals surface area contributed by atoms with Gasteiger partial charge in [0.2, 0.25) is 5.88 Å². The van der Waals surface area contributed by atoms with Crippen molar-refractivity contribution in [1.29, 1.82) is 0 Å². The molecule has 66 valence electrons. The number of hydrogen-bond acceptors (Lipinski definition) is 5. The Morgan fingerprint density at radius 2 is 2.42 bits per heavy atom. The molecule has 0 aromatic carbocycles. The zero-order valence-electron chi connectivity index (χ0n) is 6.90. The molecule has 0 aliphatic carbocycles. The van der Waals surface area contributed by atoms with Crippen LogP contribution in [0.1, 0.15) is 24.3 Å². The zero-order chi connectivity index (χ0) is 9.14. The summed E-state index contributed by atoms with van der Waals surface area (Å²) >= 11 is 0. The standard InChI is InChI=1S/C7H10N2O3/c1-4(2)11-7(10)5-3-6(8)12-9-5/h3-4H,8H2,1-2H3. The van der Waals surface area contributed by atoms with Crippen LogP contribution in [0.5, 0.6) is 0 Å². The van der Waals surface area contributed by atoms with E-state index in [0.29, 0.717) is 0 Å². The number of anilines is 1. The predicted molar refractivity (Wildman–Crippen MR) is 41.5 cm³/mol. The van der Waals surface area contributed by atoms with Gasteiger partial charge in [0, 0.05) is 6.07 Å². The van der Waals surface area contributed by atoms with Gasteiger partial charge in [0.05, 0.1) is 6.10 Å². The molecule has 0 unspecified atom stereocenters. The van der Waals surface area contributed by atoms with Gasteiger partial charge in [-0.2, -0.15) is 0 Å². The average molecular weight is 170 g/mol. The Kier molecular flexibility index (Phi) is 2.32. The summed E-state index contributed by atoms with van der Waals surface area (Å²) in [5, 5.41) is 3.39. The lowest BCUT2D eigenvalue weighted by atomic mass is 10.4. The molecule has 1 rings (SSSR count). The number of carbonyl (C=O) groups is 1. The van der Waals surface area contributed by atoms with E-state index in [0.717, 1.165) is 0 Å². The lowest BCUT2D eigenvalue weighted by molar-refractivity contribution is 0.0366. The number of nitrogen functional groups attached to an aromatic ring is 1. The highest BCUT2D eigenvalue weighted by molar-refractivity contribution is 5.87. The average Bonchev–Trinajstić information content (AvgIpc) is 2.34. The van der Waals surface area contributed by atoms with Crippen LogP contribution in [0, 0.1) is 0 Å². The number of hydrogen-bond donors (Lipinski definition) is 1. The van der Waals surface area contributed by atoms with Gasteiger partial charge < -0.3 is 15.0 Å². The minimum absolute atomic E-state index is 0.0983. The van der Waals surface area contributed by atoms with Crippen LogP contribution in [0.15, 0.2) is 10.6 Å². The van der Waals surface area contributed by atoms with Gasteiger partial charge in [-0.1, -0.05) is 5.16 Å². The third-order valence-electron chi connectivity index (χ3n) is 1.08. The van der Waals surface area contributed by atoms with Crippen LogP contribution in [0.2, 0.25) is 0 Å².